The van der Waals surface area contributed by atoms with Crippen LogP contribution in [0.5, 0.6) is 0 Å². The number of hydrogen-bond acceptors (Lipinski definition) is 2. The molecule has 0 amide bonds. The molecule has 54 heavy (non-hydrogen) atoms. The molecule has 0 saturated carbocycles. The van der Waals surface area contributed by atoms with Crippen molar-refractivity contribution in [3.05, 3.63) is 163 Å². The first-order valence-corrected chi connectivity index (χ1v) is 34.5. The number of rotatable bonds is 6. The van der Waals surface area contributed by atoms with Gasteiger partial charge in [-0.3, -0.25) is 0 Å². The molecule has 0 bridgehead atoms. The van der Waals surface area contributed by atoms with Gasteiger partial charge in [0.15, 0.2) is 0 Å². The van der Waals surface area contributed by atoms with Crippen LogP contribution in [0.2, 0.25) is 23.1 Å². The van der Waals surface area contributed by atoms with Crippen molar-refractivity contribution in [2.24, 2.45) is 0 Å². The van der Waals surface area contributed by atoms with Crippen molar-refractivity contribution in [2.45, 2.75) is 61.9 Å². The maximum atomic E-state index is 8.92. The predicted molar refractivity (Wildman–Crippen MR) is 230 cm³/mol. The van der Waals surface area contributed by atoms with E-state index in [2.05, 4.69) is 101 Å². The van der Waals surface area contributed by atoms with Crippen LogP contribution in [-0.4, -0.2) is 5.43 Å². The minimum atomic E-state index is -5.45. The van der Waals surface area contributed by atoms with Gasteiger partial charge in [0, 0.05) is 0 Å². The Morgan fingerprint density at radius 2 is 0.926 bits per heavy atom. The second-order valence-corrected chi connectivity index (χ2v) is 55.0. The number of benzene rings is 4. The third kappa shape index (κ3) is 5.73. The van der Waals surface area contributed by atoms with E-state index in [1.165, 1.54) is 0 Å². The molecule has 2 unspecified atom stereocenters. The van der Waals surface area contributed by atoms with E-state index < -0.39 is 20.4 Å². The first-order valence-electron chi connectivity index (χ1n) is 18.3. The van der Waals surface area contributed by atoms with Crippen LogP contribution in [0, 0.1) is 41.5 Å². The van der Waals surface area contributed by atoms with E-state index in [-0.39, 0.29) is 7.25 Å². The zero-order valence-electron chi connectivity index (χ0n) is 31.7. The van der Waals surface area contributed by atoms with E-state index in [1.807, 2.05) is 50.2 Å². The average molecular weight is 888 g/mol. The van der Waals surface area contributed by atoms with Gasteiger partial charge in [0.25, 0.3) is 0 Å². The van der Waals surface area contributed by atoms with Crippen molar-refractivity contribution in [3.63, 3.8) is 0 Å². The molecule has 0 radical (unpaired) electrons. The molecular weight excluding hydrogens is 846 g/mol. The Balaban J connectivity index is 1.49. The summed E-state index contributed by atoms with van der Waals surface area (Å²) >= 11 is 8.48. The van der Waals surface area contributed by atoms with Gasteiger partial charge in [-0.2, -0.15) is 0 Å². The standard InChI is InChI=1S/2C22H18ClO.C2H6Si.2ClH.Zr/c2*1-13-8-9-16-11-17(21-10-14(2)15(3)24-21)12-19(16)22(13)18-6-4-5-7-20(18)23;1-3-2;;;/h2*4-12H,1-3H3;1-2H3;2*1H;/q;;;;;+2/p-2. The zero-order valence-corrected chi connectivity index (χ0v) is 38.2. The monoisotopic (exact) mass is 884 g/mol. The van der Waals surface area contributed by atoms with E-state index in [0.717, 1.165) is 101 Å². The molecule has 8 heteroatoms. The van der Waals surface area contributed by atoms with E-state index in [0.29, 0.717) is 10.0 Å². The summed E-state index contributed by atoms with van der Waals surface area (Å²) in [5, 5.41) is 1.41. The van der Waals surface area contributed by atoms with E-state index in [9.17, 15) is 0 Å². The average Bonchev–Trinajstić information content (AvgIpc) is 3.89. The molecule has 8 rings (SSSR count). The molecule has 4 aromatic carbocycles. The van der Waals surface area contributed by atoms with Crippen LogP contribution in [0.4, 0.5) is 0 Å². The molecule has 0 spiro atoms. The second-order valence-electron chi connectivity index (χ2n) is 15.4. The minimum absolute atomic E-state index is 0.290. The van der Waals surface area contributed by atoms with E-state index >= 15 is 0 Å². The topological polar surface area (TPSA) is 26.3 Å². The number of hydrogen-bond donors (Lipinski definition) is 0. The molecule has 6 aromatic rings. The molecule has 2 heterocycles. The van der Waals surface area contributed by atoms with Gasteiger partial charge in [0.05, 0.1) is 0 Å². The van der Waals surface area contributed by atoms with Crippen LogP contribution >= 0.6 is 40.2 Å². The van der Waals surface area contributed by atoms with E-state index in [1.54, 1.807) is 0 Å². The summed E-state index contributed by atoms with van der Waals surface area (Å²) < 4.78 is 12.7. The van der Waals surface area contributed by atoms with Gasteiger partial charge in [-0.15, -0.1) is 0 Å². The number of halogens is 4. The number of allylic oxidation sites excluding steroid dienone is 2. The van der Waals surface area contributed by atoms with Crippen LogP contribution in [-0.2, 0) is 15.0 Å². The fourth-order valence-electron chi connectivity index (χ4n) is 8.90. The third-order valence-electron chi connectivity index (χ3n) is 12.0. The third-order valence-corrected chi connectivity index (χ3v) is 58.9. The van der Waals surface area contributed by atoms with Crippen LogP contribution in [0.3, 0.4) is 0 Å². The summed E-state index contributed by atoms with van der Waals surface area (Å²) in [5.41, 5.74) is 13.7. The van der Waals surface area contributed by atoms with Gasteiger partial charge < -0.3 is 0 Å². The van der Waals surface area contributed by atoms with Crippen LogP contribution in [0.25, 0.3) is 45.6 Å². The number of aryl methyl sites for hydroxylation is 6. The summed E-state index contributed by atoms with van der Waals surface area (Å²) in [4.78, 5) is 0. The summed E-state index contributed by atoms with van der Waals surface area (Å²) in [6.07, 6.45) is 4.61. The SMILES string of the molecule is Cc1cc(C2=Cc3c(ccc(C)c3-c3ccccc3Cl)[CH]2[Zr]([Cl])([Cl])([CH]2C(c3cc(C)c(C)o3)=Cc3c2ccc(C)c3-c2ccccc2Cl)=[Si](C)C)oc1C. The predicted octanol–water partition coefficient (Wildman–Crippen LogP) is 15.5. The maximum absolute atomic E-state index is 8.92. The molecule has 2 aliphatic rings. The normalized spacial score (nSPS) is 16.7. The Morgan fingerprint density at radius 3 is 1.26 bits per heavy atom. The van der Waals surface area contributed by atoms with Gasteiger partial charge in [0.1, 0.15) is 0 Å². The Bertz CT molecular complexity index is 2490. The van der Waals surface area contributed by atoms with E-state index in [4.69, 9.17) is 49.1 Å². The molecule has 0 N–H and O–H groups in total. The molecule has 2 nitrogen and oxygen atoms in total. The van der Waals surface area contributed by atoms with Crippen molar-refractivity contribution in [2.75, 3.05) is 0 Å². The number of fused-ring (bicyclic) bond motifs is 2. The van der Waals surface area contributed by atoms with Crippen LogP contribution in [0.15, 0.2) is 93.8 Å². The first-order chi connectivity index (χ1) is 25.6. The first kappa shape index (κ1) is 38.1. The molecule has 274 valence electrons. The van der Waals surface area contributed by atoms with Crippen molar-refractivity contribution in [1.82, 2.24) is 0 Å². The van der Waals surface area contributed by atoms with Crippen molar-refractivity contribution in [3.8, 4) is 22.3 Å². The second kappa shape index (κ2) is 13.7. The van der Waals surface area contributed by atoms with Gasteiger partial charge in [-0.1, -0.05) is 0 Å². The Hall–Kier alpha value is -2.82. The molecule has 2 aliphatic carbocycles. The zero-order chi connectivity index (χ0) is 38.5. The van der Waals surface area contributed by atoms with Crippen molar-refractivity contribution < 1.29 is 23.8 Å². The van der Waals surface area contributed by atoms with Gasteiger partial charge >= 0.3 is 339 Å². The molecular formula is C46H42Cl4O2SiZr. The van der Waals surface area contributed by atoms with Crippen molar-refractivity contribution >= 4 is 69.0 Å². The van der Waals surface area contributed by atoms with Gasteiger partial charge in [0.2, 0.25) is 0 Å². The molecule has 2 atom stereocenters. The fraction of sp³-hybridized carbons (Fsp3) is 0.217. The molecule has 0 fully saturated rings. The number of furan rings is 2. The fourth-order valence-corrected chi connectivity index (χ4v) is 37.0. The quantitative estimate of drug-likeness (QED) is 0.156. The Kier molecular flexibility index (Phi) is 9.65. The summed E-state index contributed by atoms with van der Waals surface area (Å²) in [6.45, 7) is 17.2. The summed E-state index contributed by atoms with van der Waals surface area (Å²) in [7, 11) is 17.8. The van der Waals surface area contributed by atoms with Gasteiger partial charge in [-0.25, -0.2) is 0 Å². The van der Waals surface area contributed by atoms with Crippen LogP contribution in [0.1, 0.15) is 74.8 Å². The Labute approximate surface area is 336 Å². The summed E-state index contributed by atoms with van der Waals surface area (Å²) in [6, 6.07) is 29.4. The molecule has 0 aliphatic heterocycles. The summed E-state index contributed by atoms with van der Waals surface area (Å²) in [5.74, 6) is 3.39. The van der Waals surface area contributed by atoms with Gasteiger partial charge in [-0.05, 0) is 0 Å². The van der Waals surface area contributed by atoms with Crippen molar-refractivity contribution in [1.29, 1.82) is 0 Å². The molecule has 0 saturated heterocycles. The Morgan fingerprint density at radius 1 is 0.537 bits per heavy atom. The molecule has 2 aromatic heterocycles. The van der Waals surface area contributed by atoms with Crippen LogP contribution < -0.4 is 0 Å².